The Morgan fingerprint density at radius 2 is 1.91 bits per heavy atom. The molecule has 1 saturated heterocycles. The summed E-state index contributed by atoms with van der Waals surface area (Å²) in [6.45, 7) is 7.41. The summed E-state index contributed by atoms with van der Waals surface area (Å²) in [5.41, 5.74) is 0.506. The summed E-state index contributed by atoms with van der Waals surface area (Å²) in [5.74, 6) is 0. The molecular weight excluding hydrogens is 136 g/mol. The molecule has 0 aromatic heterocycles. The zero-order chi connectivity index (χ0) is 8.32. The molecule has 0 aromatic rings. The molecule has 0 bridgehead atoms. The molecule has 2 heteroatoms. The SMILES string of the molecule is CC1(C)CCN(CC#N)CC1. The second kappa shape index (κ2) is 3.23. The number of hydrogen-bond acceptors (Lipinski definition) is 2. The number of piperidine rings is 1. The van der Waals surface area contributed by atoms with Crippen LogP contribution in [0.3, 0.4) is 0 Å². The monoisotopic (exact) mass is 152 g/mol. The topological polar surface area (TPSA) is 27.0 Å². The fourth-order valence-corrected chi connectivity index (χ4v) is 1.42. The van der Waals surface area contributed by atoms with Gasteiger partial charge in [0.25, 0.3) is 0 Å². The summed E-state index contributed by atoms with van der Waals surface area (Å²) in [6, 6.07) is 2.19. The van der Waals surface area contributed by atoms with Gasteiger partial charge in [-0.25, -0.2) is 0 Å². The van der Waals surface area contributed by atoms with Crippen molar-refractivity contribution in [3.05, 3.63) is 0 Å². The van der Waals surface area contributed by atoms with E-state index in [4.69, 9.17) is 5.26 Å². The fraction of sp³-hybridized carbons (Fsp3) is 0.889. The number of hydrogen-bond donors (Lipinski definition) is 0. The molecule has 0 amide bonds. The molecule has 0 N–H and O–H groups in total. The van der Waals surface area contributed by atoms with Gasteiger partial charge >= 0.3 is 0 Å². The Labute approximate surface area is 68.8 Å². The molecular formula is C9H16N2. The van der Waals surface area contributed by atoms with Gasteiger partial charge < -0.3 is 0 Å². The van der Waals surface area contributed by atoms with Crippen molar-refractivity contribution in [3.8, 4) is 6.07 Å². The van der Waals surface area contributed by atoms with Crippen LogP contribution in [0.25, 0.3) is 0 Å². The molecule has 1 aliphatic heterocycles. The summed E-state index contributed by atoms with van der Waals surface area (Å²) in [5, 5.41) is 8.46. The first-order valence-corrected chi connectivity index (χ1v) is 4.23. The molecule has 0 aromatic carbocycles. The molecule has 11 heavy (non-hydrogen) atoms. The normalized spacial score (nSPS) is 24.5. The van der Waals surface area contributed by atoms with E-state index >= 15 is 0 Å². The van der Waals surface area contributed by atoms with Crippen LogP contribution in [0, 0.1) is 16.7 Å². The molecule has 0 aliphatic carbocycles. The summed E-state index contributed by atoms with van der Waals surface area (Å²) >= 11 is 0. The standard InChI is InChI=1S/C9H16N2/c1-9(2)3-6-11(7-4-9)8-5-10/h3-4,6-8H2,1-2H3. The van der Waals surface area contributed by atoms with Crippen LogP contribution in [-0.4, -0.2) is 24.5 Å². The molecule has 1 rings (SSSR count). The van der Waals surface area contributed by atoms with Crippen LogP contribution in [0.15, 0.2) is 0 Å². The van der Waals surface area contributed by atoms with E-state index in [-0.39, 0.29) is 0 Å². The highest BCUT2D eigenvalue weighted by molar-refractivity contribution is 4.83. The van der Waals surface area contributed by atoms with Crippen molar-refractivity contribution in [2.45, 2.75) is 26.7 Å². The lowest BCUT2D eigenvalue weighted by Crippen LogP contribution is -2.37. The van der Waals surface area contributed by atoms with Crippen molar-refractivity contribution in [2.75, 3.05) is 19.6 Å². The number of likely N-dealkylation sites (tertiary alicyclic amines) is 1. The Kier molecular flexibility index (Phi) is 2.51. The second-order valence-corrected chi connectivity index (χ2v) is 4.10. The van der Waals surface area contributed by atoms with E-state index in [0.717, 1.165) is 13.1 Å². The summed E-state index contributed by atoms with van der Waals surface area (Å²) < 4.78 is 0. The van der Waals surface area contributed by atoms with Crippen LogP contribution in [0.5, 0.6) is 0 Å². The molecule has 0 spiro atoms. The van der Waals surface area contributed by atoms with Gasteiger partial charge in [-0.3, -0.25) is 4.90 Å². The minimum atomic E-state index is 0.506. The third-order valence-corrected chi connectivity index (χ3v) is 2.50. The van der Waals surface area contributed by atoms with Gasteiger partial charge in [-0.05, 0) is 31.3 Å². The summed E-state index contributed by atoms with van der Waals surface area (Å²) in [4.78, 5) is 2.23. The lowest BCUT2D eigenvalue weighted by atomic mass is 9.83. The maximum atomic E-state index is 8.46. The number of nitriles is 1. The molecule has 2 nitrogen and oxygen atoms in total. The van der Waals surface area contributed by atoms with Gasteiger partial charge in [0.1, 0.15) is 0 Å². The van der Waals surface area contributed by atoms with Crippen molar-refractivity contribution < 1.29 is 0 Å². The van der Waals surface area contributed by atoms with E-state index in [1.54, 1.807) is 0 Å². The largest absolute Gasteiger partial charge is 0.291 e. The minimum absolute atomic E-state index is 0.506. The van der Waals surface area contributed by atoms with Crippen LogP contribution >= 0.6 is 0 Å². The highest BCUT2D eigenvalue weighted by Crippen LogP contribution is 2.29. The average Bonchev–Trinajstić information content (AvgIpc) is 1.94. The van der Waals surface area contributed by atoms with Gasteiger partial charge in [-0.1, -0.05) is 13.8 Å². The first kappa shape index (κ1) is 8.55. The van der Waals surface area contributed by atoms with Crippen LogP contribution in [0.1, 0.15) is 26.7 Å². The fourth-order valence-electron chi connectivity index (χ4n) is 1.42. The van der Waals surface area contributed by atoms with Gasteiger partial charge in [0, 0.05) is 0 Å². The predicted octanol–water partition coefficient (Wildman–Crippen LogP) is 1.63. The predicted molar refractivity (Wildman–Crippen MR) is 45.1 cm³/mol. The van der Waals surface area contributed by atoms with Crippen LogP contribution in [0.4, 0.5) is 0 Å². The molecule has 1 heterocycles. The van der Waals surface area contributed by atoms with Gasteiger partial charge in [0.15, 0.2) is 0 Å². The van der Waals surface area contributed by atoms with Crippen LogP contribution < -0.4 is 0 Å². The molecule has 0 atom stereocenters. The van der Waals surface area contributed by atoms with E-state index in [1.165, 1.54) is 12.8 Å². The highest BCUT2D eigenvalue weighted by atomic mass is 15.1. The summed E-state index contributed by atoms with van der Waals surface area (Å²) in [7, 11) is 0. The number of nitrogens with zero attached hydrogens (tertiary/aromatic N) is 2. The second-order valence-electron chi connectivity index (χ2n) is 4.10. The zero-order valence-electron chi connectivity index (χ0n) is 7.43. The van der Waals surface area contributed by atoms with E-state index in [0.29, 0.717) is 12.0 Å². The Hall–Kier alpha value is -0.550. The van der Waals surface area contributed by atoms with Crippen LogP contribution in [0.2, 0.25) is 0 Å². The molecule has 0 radical (unpaired) electrons. The molecule has 1 aliphatic rings. The quantitative estimate of drug-likeness (QED) is 0.534. The smallest absolute Gasteiger partial charge is 0.0865 e. The Morgan fingerprint density at radius 3 is 2.36 bits per heavy atom. The summed E-state index contributed by atoms with van der Waals surface area (Å²) in [6.07, 6.45) is 2.46. The molecule has 0 unspecified atom stereocenters. The van der Waals surface area contributed by atoms with Gasteiger partial charge in [0.05, 0.1) is 12.6 Å². The third-order valence-electron chi connectivity index (χ3n) is 2.50. The minimum Gasteiger partial charge on any atom is -0.291 e. The number of rotatable bonds is 1. The van der Waals surface area contributed by atoms with E-state index < -0.39 is 0 Å². The maximum Gasteiger partial charge on any atom is 0.0865 e. The lowest BCUT2D eigenvalue weighted by molar-refractivity contribution is 0.145. The lowest BCUT2D eigenvalue weighted by Gasteiger charge is -2.35. The molecule has 62 valence electrons. The molecule has 1 fully saturated rings. The van der Waals surface area contributed by atoms with E-state index in [1.807, 2.05) is 0 Å². The van der Waals surface area contributed by atoms with Gasteiger partial charge in [-0.2, -0.15) is 5.26 Å². The zero-order valence-corrected chi connectivity index (χ0v) is 7.43. The van der Waals surface area contributed by atoms with Gasteiger partial charge in [0.2, 0.25) is 0 Å². The Bertz CT molecular complexity index is 157. The third kappa shape index (κ3) is 2.51. The average molecular weight is 152 g/mol. The van der Waals surface area contributed by atoms with E-state index in [2.05, 4.69) is 24.8 Å². The van der Waals surface area contributed by atoms with Crippen molar-refractivity contribution in [1.29, 1.82) is 5.26 Å². The van der Waals surface area contributed by atoms with Crippen molar-refractivity contribution in [2.24, 2.45) is 5.41 Å². The van der Waals surface area contributed by atoms with Crippen molar-refractivity contribution in [3.63, 3.8) is 0 Å². The first-order chi connectivity index (χ1) is 5.14. The highest BCUT2D eigenvalue weighted by Gasteiger charge is 2.24. The van der Waals surface area contributed by atoms with Gasteiger partial charge in [-0.15, -0.1) is 0 Å². The first-order valence-electron chi connectivity index (χ1n) is 4.23. The van der Waals surface area contributed by atoms with Crippen molar-refractivity contribution >= 4 is 0 Å². The van der Waals surface area contributed by atoms with Crippen LogP contribution in [-0.2, 0) is 0 Å². The maximum absolute atomic E-state index is 8.46. The Balaban J connectivity index is 2.32. The Morgan fingerprint density at radius 1 is 1.36 bits per heavy atom. The molecule has 0 saturated carbocycles. The van der Waals surface area contributed by atoms with Crippen molar-refractivity contribution in [1.82, 2.24) is 4.90 Å². The van der Waals surface area contributed by atoms with E-state index in [9.17, 15) is 0 Å².